The third kappa shape index (κ3) is 2.75. The molecule has 0 saturated heterocycles. The number of benzene rings is 1. The lowest BCUT2D eigenvalue weighted by molar-refractivity contribution is 0.634. The molecule has 2 rings (SSSR count). The van der Waals surface area contributed by atoms with Gasteiger partial charge >= 0.3 is 0 Å². The average Bonchev–Trinajstić information content (AvgIpc) is 2.36. The summed E-state index contributed by atoms with van der Waals surface area (Å²) in [6.07, 6.45) is 0. The van der Waals surface area contributed by atoms with Gasteiger partial charge in [-0.25, -0.2) is 4.98 Å². The van der Waals surface area contributed by atoms with Crippen molar-refractivity contribution in [1.82, 2.24) is 4.98 Å². The van der Waals surface area contributed by atoms with Crippen molar-refractivity contribution in [3.05, 3.63) is 35.9 Å². The lowest BCUT2D eigenvalue weighted by Crippen LogP contribution is -2.24. The first kappa shape index (κ1) is 13.2. The van der Waals surface area contributed by atoms with Gasteiger partial charge in [0.15, 0.2) is 0 Å². The van der Waals surface area contributed by atoms with Gasteiger partial charge in [0.2, 0.25) is 0 Å². The summed E-state index contributed by atoms with van der Waals surface area (Å²) in [7, 11) is 2.08. The minimum Gasteiger partial charge on any atom is -0.359 e. The Balaban J connectivity index is 2.47. The van der Waals surface area contributed by atoms with Crippen molar-refractivity contribution < 1.29 is 0 Å². The van der Waals surface area contributed by atoms with Crippen LogP contribution in [-0.2, 0) is 5.88 Å². The fraction of sp³-hybridized carbons (Fsp3) is 0.400. The van der Waals surface area contributed by atoms with Gasteiger partial charge in [-0.15, -0.1) is 11.6 Å². The van der Waals surface area contributed by atoms with Crippen molar-refractivity contribution in [2.75, 3.05) is 18.5 Å². The molecule has 0 atom stereocenters. The highest BCUT2D eigenvalue weighted by molar-refractivity contribution is 6.17. The van der Waals surface area contributed by atoms with Crippen LogP contribution in [0.2, 0.25) is 0 Å². The van der Waals surface area contributed by atoms with Crippen LogP contribution in [0.4, 0.5) is 5.82 Å². The normalized spacial score (nSPS) is 11.2. The van der Waals surface area contributed by atoms with Gasteiger partial charge in [0, 0.05) is 24.5 Å². The molecule has 0 N–H and O–H groups in total. The number of alkyl halides is 1. The highest BCUT2D eigenvalue weighted by atomic mass is 35.5. The fourth-order valence-corrected chi connectivity index (χ4v) is 2.41. The predicted molar refractivity (Wildman–Crippen MR) is 79.4 cm³/mol. The molecule has 0 radical (unpaired) electrons. The molecular formula is C15H19ClN2. The topological polar surface area (TPSA) is 16.1 Å². The van der Waals surface area contributed by atoms with Crippen molar-refractivity contribution >= 4 is 28.3 Å². The third-order valence-corrected chi connectivity index (χ3v) is 3.21. The number of anilines is 1. The van der Waals surface area contributed by atoms with Gasteiger partial charge in [0.1, 0.15) is 5.82 Å². The zero-order valence-corrected chi connectivity index (χ0v) is 11.9. The van der Waals surface area contributed by atoms with Gasteiger partial charge < -0.3 is 4.90 Å². The molecule has 3 heteroatoms. The van der Waals surface area contributed by atoms with Crippen molar-refractivity contribution in [2.24, 2.45) is 5.92 Å². The zero-order valence-electron chi connectivity index (χ0n) is 11.2. The molecule has 0 unspecified atom stereocenters. The zero-order chi connectivity index (χ0) is 13.1. The number of pyridine rings is 1. The van der Waals surface area contributed by atoms with E-state index in [9.17, 15) is 0 Å². The van der Waals surface area contributed by atoms with Crippen molar-refractivity contribution in [3.63, 3.8) is 0 Å². The number of para-hydroxylation sites is 1. The average molecular weight is 263 g/mol. The van der Waals surface area contributed by atoms with Gasteiger partial charge in [-0.05, 0) is 18.1 Å². The highest BCUT2D eigenvalue weighted by Gasteiger charge is 2.11. The smallest absolute Gasteiger partial charge is 0.133 e. The lowest BCUT2D eigenvalue weighted by Gasteiger charge is -2.23. The SMILES string of the molecule is CC(C)CN(C)c1nc2ccccc2cc1CCl. The van der Waals surface area contributed by atoms with Crippen LogP contribution in [0.25, 0.3) is 10.9 Å². The number of hydrogen-bond donors (Lipinski definition) is 0. The Hall–Kier alpha value is -1.28. The predicted octanol–water partition coefficient (Wildman–Crippen LogP) is 4.07. The van der Waals surface area contributed by atoms with Gasteiger partial charge in [-0.2, -0.15) is 0 Å². The summed E-state index contributed by atoms with van der Waals surface area (Å²) in [5, 5.41) is 1.15. The third-order valence-electron chi connectivity index (χ3n) is 2.92. The molecule has 0 saturated carbocycles. The van der Waals surface area contributed by atoms with E-state index in [0.717, 1.165) is 28.8 Å². The molecule has 0 aliphatic heterocycles. The molecule has 0 aliphatic carbocycles. The molecular weight excluding hydrogens is 244 g/mol. The van der Waals surface area contributed by atoms with Crippen LogP contribution >= 0.6 is 11.6 Å². The first-order valence-corrected chi connectivity index (χ1v) is 6.81. The Kier molecular flexibility index (Phi) is 4.07. The van der Waals surface area contributed by atoms with Crippen LogP contribution in [0.15, 0.2) is 30.3 Å². The van der Waals surface area contributed by atoms with Gasteiger partial charge in [0.25, 0.3) is 0 Å². The van der Waals surface area contributed by atoms with Crippen LogP contribution in [0.5, 0.6) is 0 Å². The Morgan fingerprint density at radius 1 is 1.28 bits per heavy atom. The minimum absolute atomic E-state index is 0.496. The maximum Gasteiger partial charge on any atom is 0.133 e. The quantitative estimate of drug-likeness (QED) is 0.773. The van der Waals surface area contributed by atoms with Crippen molar-refractivity contribution in [2.45, 2.75) is 19.7 Å². The highest BCUT2D eigenvalue weighted by Crippen LogP contribution is 2.24. The monoisotopic (exact) mass is 262 g/mol. The minimum atomic E-state index is 0.496. The second-order valence-electron chi connectivity index (χ2n) is 5.07. The first-order chi connectivity index (χ1) is 8.61. The summed E-state index contributed by atoms with van der Waals surface area (Å²) in [5.74, 6) is 2.10. The molecule has 0 amide bonds. The van der Waals surface area contributed by atoms with E-state index in [2.05, 4.69) is 37.9 Å². The molecule has 96 valence electrons. The molecule has 2 nitrogen and oxygen atoms in total. The van der Waals surface area contributed by atoms with E-state index in [1.54, 1.807) is 0 Å². The summed E-state index contributed by atoms with van der Waals surface area (Å²) in [4.78, 5) is 6.93. The van der Waals surface area contributed by atoms with E-state index >= 15 is 0 Å². The van der Waals surface area contributed by atoms with E-state index in [1.807, 2.05) is 18.2 Å². The van der Waals surface area contributed by atoms with E-state index in [1.165, 1.54) is 0 Å². The van der Waals surface area contributed by atoms with Gasteiger partial charge in [-0.3, -0.25) is 0 Å². The Labute approximate surface area is 114 Å². The van der Waals surface area contributed by atoms with Crippen LogP contribution in [0.3, 0.4) is 0 Å². The molecule has 1 aromatic heterocycles. The van der Waals surface area contributed by atoms with Crippen LogP contribution in [0, 0.1) is 5.92 Å². The number of halogens is 1. The first-order valence-electron chi connectivity index (χ1n) is 6.27. The van der Waals surface area contributed by atoms with Crippen molar-refractivity contribution in [1.29, 1.82) is 0 Å². The summed E-state index contributed by atoms with van der Waals surface area (Å²) >= 11 is 6.05. The molecule has 0 fully saturated rings. The number of hydrogen-bond acceptors (Lipinski definition) is 2. The summed E-state index contributed by atoms with van der Waals surface area (Å²) < 4.78 is 0. The Morgan fingerprint density at radius 3 is 2.67 bits per heavy atom. The fourth-order valence-electron chi connectivity index (χ4n) is 2.21. The second kappa shape index (κ2) is 5.57. The molecule has 0 aliphatic rings. The molecule has 0 spiro atoms. The van der Waals surface area contributed by atoms with Crippen LogP contribution in [0.1, 0.15) is 19.4 Å². The maximum atomic E-state index is 6.05. The van der Waals surface area contributed by atoms with E-state index in [4.69, 9.17) is 16.6 Å². The molecule has 2 aromatic rings. The second-order valence-corrected chi connectivity index (χ2v) is 5.34. The lowest BCUT2D eigenvalue weighted by atomic mass is 10.1. The van der Waals surface area contributed by atoms with E-state index in [-0.39, 0.29) is 0 Å². The van der Waals surface area contributed by atoms with Gasteiger partial charge in [-0.1, -0.05) is 32.0 Å². The van der Waals surface area contributed by atoms with E-state index < -0.39 is 0 Å². The van der Waals surface area contributed by atoms with Crippen LogP contribution < -0.4 is 4.90 Å². The summed E-state index contributed by atoms with van der Waals surface area (Å²) in [6, 6.07) is 10.3. The molecule has 0 bridgehead atoms. The maximum absolute atomic E-state index is 6.05. The molecule has 1 aromatic carbocycles. The molecule has 18 heavy (non-hydrogen) atoms. The van der Waals surface area contributed by atoms with Crippen LogP contribution in [-0.4, -0.2) is 18.6 Å². The Morgan fingerprint density at radius 2 is 2.00 bits per heavy atom. The molecule has 1 heterocycles. The standard InChI is InChI=1S/C15H19ClN2/c1-11(2)10-18(3)15-13(9-16)8-12-6-4-5-7-14(12)17-15/h4-8,11H,9-10H2,1-3H3. The number of aromatic nitrogens is 1. The summed E-state index contributed by atoms with van der Waals surface area (Å²) in [6.45, 7) is 5.39. The number of nitrogens with zero attached hydrogens (tertiary/aromatic N) is 2. The van der Waals surface area contributed by atoms with Crippen molar-refractivity contribution in [3.8, 4) is 0 Å². The summed E-state index contributed by atoms with van der Waals surface area (Å²) in [5.41, 5.74) is 2.12. The Bertz CT molecular complexity index is 537. The number of rotatable bonds is 4. The largest absolute Gasteiger partial charge is 0.359 e. The number of fused-ring (bicyclic) bond motifs is 1. The van der Waals surface area contributed by atoms with Gasteiger partial charge in [0.05, 0.1) is 11.4 Å². The van der Waals surface area contributed by atoms with E-state index in [0.29, 0.717) is 11.8 Å².